The molecular formula is C19H15BrN2O3S. The molecule has 4 rings (SSSR count). The first-order valence-electron chi connectivity index (χ1n) is 8.02. The van der Waals surface area contributed by atoms with E-state index in [1.807, 2.05) is 24.3 Å². The van der Waals surface area contributed by atoms with Crippen LogP contribution in [0, 0.1) is 0 Å². The van der Waals surface area contributed by atoms with Gasteiger partial charge in [-0.1, -0.05) is 46.3 Å². The topological polar surface area (TPSA) is 62.9 Å². The van der Waals surface area contributed by atoms with Gasteiger partial charge in [0.1, 0.15) is 11.5 Å². The minimum atomic E-state index is -3.78. The van der Waals surface area contributed by atoms with E-state index < -0.39 is 16.1 Å². The van der Waals surface area contributed by atoms with Crippen molar-refractivity contribution < 1.29 is 12.8 Å². The number of furan rings is 1. The summed E-state index contributed by atoms with van der Waals surface area (Å²) >= 11 is 3.45. The quantitative estimate of drug-likeness (QED) is 0.608. The van der Waals surface area contributed by atoms with Crippen molar-refractivity contribution in [1.29, 1.82) is 0 Å². The molecule has 0 bridgehead atoms. The number of hydrazone groups is 1. The first-order chi connectivity index (χ1) is 12.6. The second kappa shape index (κ2) is 6.74. The lowest BCUT2D eigenvalue weighted by molar-refractivity contribution is 0.371. The molecule has 0 amide bonds. The van der Waals surface area contributed by atoms with Crippen LogP contribution in [-0.2, 0) is 10.0 Å². The van der Waals surface area contributed by atoms with E-state index in [0.29, 0.717) is 17.9 Å². The summed E-state index contributed by atoms with van der Waals surface area (Å²) in [5.74, 6) is 0.579. The lowest BCUT2D eigenvalue weighted by Crippen LogP contribution is -2.27. The van der Waals surface area contributed by atoms with Gasteiger partial charge in [0.05, 0.1) is 17.2 Å². The van der Waals surface area contributed by atoms with E-state index in [1.165, 1.54) is 4.41 Å². The molecule has 0 fully saturated rings. The lowest BCUT2D eigenvalue weighted by Gasteiger charge is -2.23. The van der Waals surface area contributed by atoms with Gasteiger partial charge in [0.15, 0.2) is 0 Å². The van der Waals surface area contributed by atoms with Gasteiger partial charge in [0.25, 0.3) is 10.0 Å². The number of sulfonamides is 1. The van der Waals surface area contributed by atoms with Crippen LogP contribution in [0.3, 0.4) is 0 Å². The summed E-state index contributed by atoms with van der Waals surface area (Å²) in [5, 5.41) is 4.42. The number of hydrogen-bond donors (Lipinski definition) is 0. The Bertz CT molecular complexity index is 1050. The van der Waals surface area contributed by atoms with Crippen LogP contribution in [0.4, 0.5) is 0 Å². The Balaban J connectivity index is 1.81. The Morgan fingerprint density at radius 3 is 2.54 bits per heavy atom. The maximum atomic E-state index is 13.2. The number of rotatable bonds is 4. The smallest absolute Gasteiger partial charge is 0.279 e. The second-order valence-electron chi connectivity index (χ2n) is 5.89. The van der Waals surface area contributed by atoms with Crippen LogP contribution < -0.4 is 0 Å². The van der Waals surface area contributed by atoms with Crippen molar-refractivity contribution >= 4 is 31.7 Å². The number of benzene rings is 2. The molecule has 5 nitrogen and oxygen atoms in total. The zero-order chi connectivity index (χ0) is 18.1. The molecule has 2 heterocycles. The summed E-state index contributed by atoms with van der Waals surface area (Å²) in [7, 11) is -3.78. The van der Waals surface area contributed by atoms with Gasteiger partial charge in [-0.05, 0) is 42.0 Å². The average Bonchev–Trinajstić information content (AvgIpc) is 3.32. The lowest BCUT2D eigenvalue weighted by atomic mass is 10.0. The molecule has 0 radical (unpaired) electrons. The predicted molar refractivity (Wildman–Crippen MR) is 102 cm³/mol. The highest BCUT2D eigenvalue weighted by atomic mass is 79.9. The van der Waals surface area contributed by atoms with Gasteiger partial charge >= 0.3 is 0 Å². The molecule has 1 unspecified atom stereocenters. The van der Waals surface area contributed by atoms with Crippen LogP contribution >= 0.6 is 15.9 Å². The van der Waals surface area contributed by atoms with Crippen molar-refractivity contribution in [1.82, 2.24) is 4.41 Å². The fourth-order valence-electron chi connectivity index (χ4n) is 2.96. The predicted octanol–water partition coefficient (Wildman–Crippen LogP) is 4.58. The van der Waals surface area contributed by atoms with Crippen molar-refractivity contribution in [2.45, 2.75) is 17.4 Å². The van der Waals surface area contributed by atoms with Crippen LogP contribution in [-0.4, -0.2) is 18.5 Å². The third-order valence-electron chi connectivity index (χ3n) is 4.20. The minimum absolute atomic E-state index is 0.212. The van der Waals surface area contributed by atoms with Gasteiger partial charge < -0.3 is 4.42 Å². The first-order valence-corrected chi connectivity index (χ1v) is 10.3. The maximum absolute atomic E-state index is 13.2. The molecule has 0 saturated heterocycles. The van der Waals surface area contributed by atoms with E-state index in [9.17, 15) is 8.42 Å². The summed E-state index contributed by atoms with van der Waals surface area (Å²) in [4.78, 5) is 0.212. The molecule has 1 aliphatic heterocycles. The third kappa shape index (κ3) is 3.08. The Labute approximate surface area is 160 Å². The third-order valence-corrected chi connectivity index (χ3v) is 6.39. The second-order valence-corrected chi connectivity index (χ2v) is 8.60. The van der Waals surface area contributed by atoms with Crippen molar-refractivity contribution in [2.24, 2.45) is 5.10 Å². The van der Waals surface area contributed by atoms with Crippen LogP contribution in [0.1, 0.15) is 23.8 Å². The molecule has 7 heteroatoms. The molecule has 1 aromatic heterocycles. The number of halogens is 1. The monoisotopic (exact) mass is 430 g/mol. The zero-order valence-electron chi connectivity index (χ0n) is 13.6. The van der Waals surface area contributed by atoms with Gasteiger partial charge in [-0.25, -0.2) is 0 Å². The summed E-state index contributed by atoms with van der Waals surface area (Å²) in [6.07, 6.45) is 2.00. The van der Waals surface area contributed by atoms with E-state index in [-0.39, 0.29) is 4.90 Å². The standard InChI is InChI=1S/C19H15BrN2O3S/c20-15-7-4-6-14(12-15)18-13-17(19-10-5-11-25-19)21-22(18)26(23,24)16-8-2-1-3-9-16/h1-12,18H,13H2. The molecule has 132 valence electrons. The highest BCUT2D eigenvalue weighted by Crippen LogP contribution is 2.37. The van der Waals surface area contributed by atoms with Crippen LogP contribution in [0.15, 0.2) is 91.9 Å². The van der Waals surface area contributed by atoms with Gasteiger partial charge in [-0.3, -0.25) is 0 Å². The Morgan fingerprint density at radius 1 is 1.04 bits per heavy atom. The van der Waals surface area contributed by atoms with Gasteiger partial charge in [-0.15, -0.1) is 0 Å². The molecule has 3 aromatic rings. The average molecular weight is 431 g/mol. The van der Waals surface area contributed by atoms with E-state index in [0.717, 1.165) is 10.0 Å². The molecule has 0 spiro atoms. The van der Waals surface area contributed by atoms with Gasteiger partial charge in [0.2, 0.25) is 0 Å². The van der Waals surface area contributed by atoms with E-state index in [2.05, 4.69) is 21.0 Å². The molecular weight excluding hydrogens is 416 g/mol. The summed E-state index contributed by atoms with van der Waals surface area (Å²) in [6.45, 7) is 0. The van der Waals surface area contributed by atoms with Crippen molar-refractivity contribution in [2.75, 3.05) is 0 Å². The van der Waals surface area contributed by atoms with E-state index in [1.54, 1.807) is 48.7 Å². The largest absolute Gasteiger partial charge is 0.463 e. The zero-order valence-corrected chi connectivity index (χ0v) is 16.0. The minimum Gasteiger partial charge on any atom is -0.463 e. The van der Waals surface area contributed by atoms with Crippen LogP contribution in [0.25, 0.3) is 0 Å². The van der Waals surface area contributed by atoms with Gasteiger partial charge in [-0.2, -0.15) is 17.9 Å². The molecule has 26 heavy (non-hydrogen) atoms. The van der Waals surface area contributed by atoms with Crippen LogP contribution in [0.5, 0.6) is 0 Å². The van der Waals surface area contributed by atoms with E-state index in [4.69, 9.17) is 4.42 Å². The summed E-state index contributed by atoms with van der Waals surface area (Å²) < 4.78 is 33.9. The fraction of sp³-hybridized carbons (Fsp3) is 0.105. The van der Waals surface area contributed by atoms with E-state index >= 15 is 0 Å². The summed E-state index contributed by atoms with van der Waals surface area (Å²) in [5.41, 5.74) is 1.48. The van der Waals surface area contributed by atoms with Crippen molar-refractivity contribution in [3.8, 4) is 0 Å². The Morgan fingerprint density at radius 2 is 1.85 bits per heavy atom. The molecule has 1 aliphatic rings. The Kier molecular flexibility index (Phi) is 4.42. The molecule has 0 N–H and O–H groups in total. The number of hydrogen-bond acceptors (Lipinski definition) is 4. The molecule has 0 aliphatic carbocycles. The first kappa shape index (κ1) is 17.1. The van der Waals surface area contributed by atoms with Crippen LogP contribution in [0.2, 0.25) is 0 Å². The van der Waals surface area contributed by atoms with Gasteiger partial charge in [0, 0.05) is 10.9 Å². The molecule has 1 atom stereocenters. The SMILES string of the molecule is O=S(=O)(c1ccccc1)N1N=C(c2ccco2)CC1c1cccc(Br)c1. The van der Waals surface area contributed by atoms with Crippen molar-refractivity contribution in [3.63, 3.8) is 0 Å². The molecule has 2 aromatic carbocycles. The number of nitrogens with zero attached hydrogens (tertiary/aromatic N) is 2. The highest BCUT2D eigenvalue weighted by Gasteiger charge is 2.38. The van der Waals surface area contributed by atoms with Crippen molar-refractivity contribution in [3.05, 3.63) is 88.8 Å². The molecule has 0 saturated carbocycles. The maximum Gasteiger partial charge on any atom is 0.279 e. The highest BCUT2D eigenvalue weighted by molar-refractivity contribution is 9.10. The summed E-state index contributed by atoms with van der Waals surface area (Å²) in [6, 6.07) is 19.1. The Hall–Kier alpha value is -2.38. The normalized spacial score (nSPS) is 17.3. The fourth-order valence-corrected chi connectivity index (χ4v) is 4.84.